The monoisotopic (exact) mass is 486 g/mol. The zero-order valence-electron chi connectivity index (χ0n) is 20.8. The second-order valence-corrected chi connectivity index (χ2v) is 9.61. The van der Waals surface area contributed by atoms with E-state index in [1.807, 2.05) is 17.0 Å². The molecule has 1 aliphatic carbocycles. The molecule has 1 saturated heterocycles. The molecule has 2 aromatic rings. The molecule has 0 spiro atoms. The number of carbonyl (C=O) groups is 2. The number of hydrogen-bond donors (Lipinski definition) is 3. The maximum absolute atomic E-state index is 13.0. The summed E-state index contributed by atoms with van der Waals surface area (Å²) in [5.74, 6) is 1.16. The van der Waals surface area contributed by atoms with E-state index in [0.29, 0.717) is 47.0 Å². The van der Waals surface area contributed by atoms with Crippen LogP contribution in [0.2, 0.25) is 0 Å². The molecule has 36 heavy (non-hydrogen) atoms. The van der Waals surface area contributed by atoms with Crippen LogP contribution >= 0.6 is 0 Å². The third-order valence-corrected chi connectivity index (χ3v) is 6.70. The molecule has 3 N–H and O–H groups in total. The highest BCUT2D eigenvalue weighted by atomic mass is 16.5. The molecule has 0 aromatic heterocycles. The number of nitrogens with one attached hydrogen (secondary N) is 3. The first kappa shape index (κ1) is 25.4. The number of nitrogens with zero attached hydrogens (tertiary/aromatic N) is 1. The molecule has 1 heterocycles. The Hall–Kier alpha value is -3.74. The molecule has 0 unspecified atom stereocenters. The molecule has 0 radical (unpaired) electrons. The van der Waals surface area contributed by atoms with Gasteiger partial charge in [0.15, 0.2) is 0 Å². The number of hydrogen-bond acceptors (Lipinski definition) is 5. The Morgan fingerprint density at radius 3 is 2.42 bits per heavy atom. The third kappa shape index (κ3) is 6.68. The molecule has 1 saturated carbocycles. The molecule has 7 heteroatoms. The van der Waals surface area contributed by atoms with Gasteiger partial charge in [0.05, 0.1) is 5.71 Å². The molecule has 4 rings (SSSR count). The standard InChI is InChI=1S/C29H34N4O3/c1-20(30)9-16-26(31)21-12-14-25(15-13-21)36-27-18-22(29(35)32-24-6-3-2-4-7-24)10-11-23(27)19-33-17-5-8-28(33)34/h9-16,18,24,30-31H,2-8,17,19H2,1H3,(H,32,35)/b16-9-,30-20?,31-26?. The predicted octanol–water partition coefficient (Wildman–Crippen LogP) is 5.63. The fourth-order valence-corrected chi connectivity index (χ4v) is 4.65. The van der Waals surface area contributed by atoms with Crippen LogP contribution < -0.4 is 10.1 Å². The van der Waals surface area contributed by atoms with Crippen LogP contribution in [0.15, 0.2) is 54.6 Å². The van der Waals surface area contributed by atoms with Crippen molar-refractivity contribution in [2.75, 3.05) is 6.54 Å². The molecule has 2 aromatic carbocycles. The minimum atomic E-state index is -0.104. The maximum atomic E-state index is 13.0. The summed E-state index contributed by atoms with van der Waals surface area (Å²) in [7, 11) is 0. The van der Waals surface area contributed by atoms with Gasteiger partial charge in [0.25, 0.3) is 5.91 Å². The first-order chi connectivity index (χ1) is 17.4. The van der Waals surface area contributed by atoms with Crippen molar-refractivity contribution in [2.24, 2.45) is 0 Å². The van der Waals surface area contributed by atoms with Crippen LogP contribution in [-0.4, -0.2) is 40.7 Å². The number of benzene rings is 2. The largest absolute Gasteiger partial charge is 0.457 e. The topological polar surface area (TPSA) is 106 Å². The molecular weight excluding hydrogens is 452 g/mol. The maximum Gasteiger partial charge on any atom is 0.251 e. The van der Waals surface area contributed by atoms with Gasteiger partial charge in [-0.05, 0) is 80.3 Å². The van der Waals surface area contributed by atoms with Crippen molar-refractivity contribution < 1.29 is 14.3 Å². The van der Waals surface area contributed by atoms with Gasteiger partial charge in [0.1, 0.15) is 11.5 Å². The SMILES string of the molecule is CC(=N)/C=C\C(=N)c1ccc(Oc2cc(C(=O)NC3CCCCC3)ccc2CN2CCCC2=O)cc1. The Morgan fingerprint density at radius 2 is 1.75 bits per heavy atom. The van der Waals surface area contributed by atoms with E-state index >= 15 is 0 Å². The Kier molecular flexibility index (Phi) is 8.31. The number of allylic oxidation sites excluding steroid dienone is 2. The van der Waals surface area contributed by atoms with Crippen molar-refractivity contribution in [3.05, 3.63) is 71.3 Å². The van der Waals surface area contributed by atoms with Gasteiger partial charge in [-0.25, -0.2) is 0 Å². The van der Waals surface area contributed by atoms with Crippen LogP contribution in [0.4, 0.5) is 0 Å². The second kappa shape index (κ2) is 11.8. The summed E-state index contributed by atoms with van der Waals surface area (Å²) in [6, 6.07) is 12.8. The molecule has 1 aliphatic heterocycles. The van der Waals surface area contributed by atoms with Crippen molar-refractivity contribution in [2.45, 2.75) is 64.5 Å². The summed E-state index contributed by atoms with van der Waals surface area (Å²) in [4.78, 5) is 27.0. The van der Waals surface area contributed by atoms with Crippen molar-refractivity contribution in [1.29, 1.82) is 10.8 Å². The Labute approximate surface area is 212 Å². The average Bonchev–Trinajstić information content (AvgIpc) is 3.28. The minimum Gasteiger partial charge on any atom is -0.457 e. The van der Waals surface area contributed by atoms with E-state index in [1.54, 1.807) is 49.4 Å². The highest BCUT2D eigenvalue weighted by Crippen LogP contribution is 2.30. The number of ether oxygens (including phenoxy) is 1. The fourth-order valence-electron chi connectivity index (χ4n) is 4.65. The Balaban J connectivity index is 1.54. The highest BCUT2D eigenvalue weighted by molar-refractivity contribution is 6.09. The third-order valence-electron chi connectivity index (χ3n) is 6.70. The number of likely N-dealkylation sites (tertiary alicyclic amines) is 1. The normalized spacial score (nSPS) is 16.4. The lowest BCUT2D eigenvalue weighted by atomic mass is 9.95. The van der Waals surface area contributed by atoms with E-state index in [0.717, 1.165) is 44.2 Å². The lowest BCUT2D eigenvalue weighted by Gasteiger charge is -2.23. The number of carbonyl (C=O) groups excluding carboxylic acids is 2. The number of amides is 2. The van der Waals surface area contributed by atoms with Crippen LogP contribution in [0, 0.1) is 10.8 Å². The smallest absolute Gasteiger partial charge is 0.251 e. The molecule has 188 valence electrons. The van der Waals surface area contributed by atoms with Crippen molar-refractivity contribution in [3.8, 4) is 11.5 Å². The van der Waals surface area contributed by atoms with E-state index in [-0.39, 0.29) is 17.9 Å². The molecule has 2 fully saturated rings. The van der Waals surface area contributed by atoms with Crippen LogP contribution in [0.3, 0.4) is 0 Å². The summed E-state index contributed by atoms with van der Waals surface area (Å²) in [5, 5.41) is 18.8. The van der Waals surface area contributed by atoms with E-state index in [9.17, 15) is 9.59 Å². The van der Waals surface area contributed by atoms with Gasteiger partial charge < -0.3 is 25.8 Å². The van der Waals surface area contributed by atoms with Crippen LogP contribution in [0.25, 0.3) is 0 Å². The summed E-state index contributed by atoms with van der Waals surface area (Å²) >= 11 is 0. The van der Waals surface area contributed by atoms with Gasteiger partial charge in [0, 0.05) is 42.4 Å². The second-order valence-electron chi connectivity index (χ2n) is 9.61. The van der Waals surface area contributed by atoms with Gasteiger partial charge in [0.2, 0.25) is 5.91 Å². The van der Waals surface area contributed by atoms with Gasteiger partial charge in [-0.1, -0.05) is 25.3 Å². The number of rotatable bonds is 9. The zero-order chi connectivity index (χ0) is 25.5. The van der Waals surface area contributed by atoms with Crippen molar-refractivity contribution >= 4 is 23.2 Å². The predicted molar refractivity (Wildman–Crippen MR) is 141 cm³/mol. The summed E-state index contributed by atoms with van der Waals surface area (Å²) in [6.07, 6.45) is 10.2. The van der Waals surface area contributed by atoms with E-state index < -0.39 is 0 Å². The first-order valence-electron chi connectivity index (χ1n) is 12.7. The average molecular weight is 487 g/mol. The molecule has 0 atom stereocenters. The van der Waals surface area contributed by atoms with Crippen LogP contribution in [0.5, 0.6) is 11.5 Å². The highest BCUT2D eigenvalue weighted by Gasteiger charge is 2.23. The lowest BCUT2D eigenvalue weighted by molar-refractivity contribution is -0.128. The zero-order valence-corrected chi connectivity index (χ0v) is 20.8. The van der Waals surface area contributed by atoms with Crippen LogP contribution in [-0.2, 0) is 11.3 Å². The fraction of sp³-hybridized carbons (Fsp3) is 0.379. The Bertz CT molecular complexity index is 1160. The van der Waals surface area contributed by atoms with Gasteiger partial charge in [-0.15, -0.1) is 0 Å². The van der Waals surface area contributed by atoms with E-state index in [4.69, 9.17) is 15.6 Å². The van der Waals surface area contributed by atoms with Gasteiger partial charge in [-0.2, -0.15) is 0 Å². The molecule has 2 aliphatic rings. The van der Waals surface area contributed by atoms with Gasteiger partial charge in [-0.3, -0.25) is 9.59 Å². The lowest BCUT2D eigenvalue weighted by Crippen LogP contribution is -2.36. The quantitative estimate of drug-likeness (QED) is 0.400. The molecular formula is C29H34N4O3. The van der Waals surface area contributed by atoms with Crippen molar-refractivity contribution in [3.63, 3.8) is 0 Å². The summed E-state index contributed by atoms with van der Waals surface area (Å²) in [5.41, 5.74) is 2.79. The minimum absolute atomic E-state index is 0.104. The molecule has 7 nitrogen and oxygen atoms in total. The van der Waals surface area contributed by atoms with Gasteiger partial charge >= 0.3 is 0 Å². The van der Waals surface area contributed by atoms with Crippen LogP contribution in [0.1, 0.15) is 73.4 Å². The summed E-state index contributed by atoms with van der Waals surface area (Å²) in [6.45, 7) is 2.83. The molecule has 0 bridgehead atoms. The first-order valence-corrected chi connectivity index (χ1v) is 12.7. The van der Waals surface area contributed by atoms with E-state index in [2.05, 4.69) is 5.32 Å². The summed E-state index contributed by atoms with van der Waals surface area (Å²) < 4.78 is 6.23. The molecule has 2 amide bonds. The Morgan fingerprint density at radius 1 is 1.03 bits per heavy atom. The van der Waals surface area contributed by atoms with Crippen molar-refractivity contribution in [1.82, 2.24) is 10.2 Å². The van der Waals surface area contributed by atoms with E-state index in [1.165, 1.54) is 6.42 Å².